The standard InChI is InChI=1S/C29H33N5O/c1-5-22(17-20(2)3)23-9-10-25-27(19-23)32-29(33-28(25)34-13-15-35-16-14-34)31-12-11-26(30)24-8-6-7-21(4)18-24/h6-12,17-19H,2,5,13-16,30H2,1,3-4H3/b22-17+,26-11-,31-12+. The van der Waals surface area contributed by atoms with Crippen LogP contribution in [0.2, 0.25) is 0 Å². The lowest BCUT2D eigenvalue weighted by molar-refractivity contribution is 0.122. The molecule has 3 aromatic rings. The number of aromatic nitrogens is 2. The van der Waals surface area contributed by atoms with Crippen molar-refractivity contribution in [1.82, 2.24) is 9.97 Å². The lowest BCUT2D eigenvalue weighted by atomic mass is 10.00. The third kappa shape index (κ3) is 6.03. The maximum absolute atomic E-state index is 6.27. The number of morpholine rings is 1. The predicted octanol–water partition coefficient (Wildman–Crippen LogP) is 5.85. The van der Waals surface area contributed by atoms with Crippen molar-refractivity contribution in [3.63, 3.8) is 0 Å². The number of hydrogen-bond acceptors (Lipinski definition) is 6. The summed E-state index contributed by atoms with van der Waals surface area (Å²) in [6.45, 7) is 13.2. The Morgan fingerprint density at radius 1 is 1.14 bits per heavy atom. The highest BCUT2D eigenvalue weighted by Gasteiger charge is 2.18. The van der Waals surface area contributed by atoms with Crippen LogP contribution in [0.1, 0.15) is 37.0 Å². The zero-order chi connectivity index (χ0) is 24.8. The van der Waals surface area contributed by atoms with E-state index in [4.69, 9.17) is 20.4 Å². The van der Waals surface area contributed by atoms with Gasteiger partial charge in [-0.2, -0.15) is 4.98 Å². The maximum atomic E-state index is 6.27. The topological polar surface area (TPSA) is 76.6 Å². The molecular formula is C29H33N5O. The molecule has 4 rings (SSSR count). The van der Waals surface area contributed by atoms with Gasteiger partial charge in [-0.25, -0.2) is 9.98 Å². The van der Waals surface area contributed by atoms with E-state index in [1.54, 1.807) is 12.3 Å². The van der Waals surface area contributed by atoms with Gasteiger partial charge in [-0.15, -0.1) is 0 Å². The summed E-state index contributed by atoms with van der Waals surface area (Å²) in [5.41, 5.74) is 13.3. The highest BCUT2D eigenvalue weighted by Crippen LogP contribution is 2.30. The van der Waals surface area contributed by atoms with E-state index in [0.29, 0.717) is 24.9 Å². The van der Waals surface area contributed by atoms with Crippen LogP contribution in [0.5, 0.6) is 0 Å². The molecule has 2 aromatic carbocycles. The lowest BCUT2D eigenvalue weighted by Gasteiger charge is -2.28. The minimum Gasteiger partial charge on any atom is -0.398 e. The highest BCUT2D eigenvalue weighted by atomic mass is 16.5. The number of nitrogens with zero attached hydrogens (tertiary/aromatic N) is 4. The predicted molar refractivity (Wildman–Crippen MR) is 147 cm³/mol. The molecule has 0 spiro atoms. The van der Waals surface area contributed by atoms with E-state index < -0.39 is 0 Å². The van der Waals surface area contributed by atoms with Crippen molar-refractivity contribution in [2.24, 2.45) is 10.7 Å². The molecule has 2 heterocycles. The van der Waals surface area contributed by atoms with Crippen LogP contribution < -0.4 is 10.6 Å². The van der Waals surface area contributed by atoms with Gasteiger partial charge in [0.05, 0.1) is 18.7 Å². The number of nitrogens with two attached hydrogens (primary N) is 1. The molecule has 0 saturated carbocycles. The number of benzene rings is 2. The van der Waals surface area contributed by atoms with Crippen LogP contribution in [0, 0.1) is 6.92 Å². The van der Waals surface area contributed by atoms with Crippen LogP contribution in [0.3, 0.4) is 0 Å². The van der Waals surface area contributed by atoms with Gasteiger partial charge in [-0.05, 0) is 61.2 Å². The fraction of sp³-hybridized carbons (Fsp3) is 0.276. The molecule has 0 radical (unpaired) electrons. The van der Waals surface area contributed by atoms with Crippen LogP contribution >= 0.6 is 0 Å². The average molecular weight is 468 g/mol. The molecule has 0 amide bonds. The van der Waals surface area contributed by atoms with Gasteiger partial charge in [0.1, 0.15) is 5.82 Å². The smallest absolute Gasteiger partial charge is 0.251 e. The number of fused-ring (bicyclic) bond motifs is 1. The molecule has 1 saturated heterocycles. The lowest BCUT2D eigenvalue weighted by Crippen LogP contribution is -2.36. The first-order valence-electron chi connectivity index (χ1n) is 12.0. The quantitative estimate of drug-likeness (QED) is 0.349. The Balaban J connectivity index is 1.75. The zero-order valence-electron chi connectivity index (χ0n) is 20.8. The second kappa shape index (κ2) is 11.1. The van der Waals surface area contributed by atoms with E-state index in [2.05, 4.69) is 47.7 Å². The summed E-state index contributed by atoms with van der Waals surface area (Å²) in [5, 5.41) is 1.01. The minimum absolute atomic E-state index is 0.409. The maximum Gasteiger partial charge on any atom is 0.251 e. The largest absolute Gasteiger partial charge is 0.398 e. The number of rotatable bonds is 7. The van der Waals surface area contributed by atoms with Crippen LogP contribution in [0.15, 0.2) is 71.8 Å². The summed E-state index contributed by atoms with van der Waals surface area (Å²) in [7, 11) is 0. The molecule has 0 unspecified atom stereocenters. The van der Waals surface area contributed by atoms with E-state index in [9.17, 15) is 0 Å². The monoisotopic (exact) mass is 467 g/mol. The Labute approximate surface area is 207 Å². The van der Waals surface area contributed by atoms with Crippen molar-refractivity contribution in [2.45, 2.75) is 27.2 Å². The molecule has 1 aliphatic heterocycles. The number of allylic oxidation sites excluding steroid dienone is 4. The SMILES string of the molecule is C=C(C)/C=C(\CC)c1ccc2c(N3CCOCC3)nc(/N=C/C=C(\N)c3cccc(C)c3)nc2c1. The zero-order valence-corrected chi connectivity index (χ0v) is 20.8. The van der Waals surface area contributed by atoms with Gasteiger partial charge in [0.15, 0.2) is 0 Å². The first-order chi connectivity index (χ1) is 16.9. The van der Waals surface area contributed by atoms with Gasteiger partial charge in [0, 0.05) is 30.4 Å². The number of anilines is 1. The van der Waals surface area contributed by atoms with Crippen LogP contribution in [0.25, 0.3) is 22.2 Å². The molecule has 1 fully saturated rings. The first-order valence-corrected chi connectivity index (χ1v) is 12.0. The first kappa shape index (κ1) is 24.4. The molecule has 180 valence electrons. The molecule has 6 nitrogen and oxygen atoms in total. The summed E-state index contributed by atoms with van der Waals surface area (Å²) < 4.78 is 5.56. The van der Waals surface area contributed by atoms with Gasteiger partial charge in [0.2, 0.25) is 0 Å². The van der Waals surface area contributed by atoms with Crippen LogP contribution in [-0.2, 0) is 4.74 Å². The van der Waals surface area contributed by atoms with Gasteiger partial charge in [-0.1, -0.05) is 55.0 Å². The van der Waals surface area contributed by atoms with Gasteiger partial charge in [0.25, 0.3) is 5.95 Å². The van der Waals surface area contributed by atoms with Gasteiger partial charge in [-0.3, -0.25) is 0 Å². The molecule has 35 heavy (non-hydrogen) atoms. The summed E-state index contributed by atoms with van der Waals surface area (Å²) in [6.07, 6.45) is 6.50. The molecular weight excluding hydrogens is 434 g/mol. The second-order valence-corrected chi connectivity index (χ2v) is 8.82. The molecule has 0 aliphatic carbocycles. The van der Waals surface area contributed by atoms with Crippen molar-refractivity contribution >= 4 is 40.2 Å². The normalized spacial score (nSPS) is 15.2. The number of aryl methyl sites for hydroxylation is 1. The number of ether oxygens (including phenoxy) is 1. The summed E-state index contributed by atoms with van der Waals surface area (Å²) in [5.74, 6) is 1.29. The Kier molecular flexibility index (Phi) is 7.73. The van der Waals surface area contributed by atoms with Crippen molar-refractivity contribution in [3.8, 4) is 0 Å². The molecule has 2 N–H and O–H groups in total. The Bertz CT molecular complexity index is 1320. The minimum atomic E-state index is 0.409. The van der Waals surface area contributed by atoms with Gasteiger partial charge >= 0.3 is 0 Å². The van der Waals surface area contributed by atoms with Gasteiger partial charge < -0.3 is 15.4 Å². The molecule has 1 aromatic heterocycles. The number of aliphatic imine (C=N–C) groups is 1. The van der Waals surface area contributed by atoms with E-state index in [1.807, 2.05) is 38.1 Å². The fourth-order valence-electron chi connectivity index (χ4n) is 4.17. The molecule has 0 atom stereocenters. The summed E-state index contributed by atoms with van der Waals surface area (Å²) >= 11 is 0. The van der Waals surface area contributed by atoms with Crippen molar-refractivity contribution in [1.29, 1.82) is 0 Å². The number of hydrogen-bond donors (Lipinski definition) is 1. The summed E-state index contributed by atoms with van der Waals surface area (Å²) in [4.78, 5) is 16.4. The highest BCUT2D eigenvalue weighted by molar-refractivity contribution is 5.93. The van der Waals surface area contributed by atoms with Crippen LogP contribution in [-0.4, -0.2) is 42.5 Å². The fourth-order valence-corrected chi connectivity index (χ4v) is 4.17. The Hall–Kier alpha value is -3.77. The van der Waals surface area contributed by atoms with Crippen molar-refractivity contribution in [3.05, 3.63) is 83.5 Å². The Morgan fingerprint density at radius 3 is 2.66 bits per heavy atom. The second-order valence-electron chi connectivity index (χ2n) is 8.82. The van der Waals surface area contributed by atoms with Crippen LogP contribution in [0.4, 0.5) is 11.8 Å². The summed E-state index contributed by atoms with van der Waals surface area (Å²) in [6, 6.07) is 14.5. The van der Waals surface area contributed by atoms with E-state index >= 15 is 0 Å². The average Bonchev–Trinajstić information content (AvgIpc) is 2.86. The van der Waals surface area contributed by atoms with E-state index in [1.165, 1.54) is 5.57 Å². The van der Waals surface area contributed by atoms with Crippen molar-refractivity contribution in [2.75, 3.05) is 31.2 Å². The third-order valence-corrected chi connectivity index (χ3v) is 5.94. The molecule has 0 bridgehead atoms. The Morgan fingerprint density at radius 2 is 1.94 bits per heavy atom. The molecule has 1 aliphatic rings. The van der Waals surface area contributed by atoms with E-state index in [0.717, 1.165) is 58.5 Å². The third-order valence-electron chi connectivity index (χ3n) is 5.94. The van der Waals surface area contributed by atoms with E-state index in [-0.39, 0.29) is 0 Å². The molecule has 6 heteroatoms. The van der Waals surface area contributed by atoms with Crippen molar-refractivity contribution < 1.29 is 4.74 Å².